The molecule has 0 spiro atoms. The lowest BCUT2D eigenvalue weighted by atomic mass is 9.98. The van der Waals surface area contributed by atoms with E-state index in [4.69, 9.17) is 17.3 Å². The number of nitrogen functional groups attached to an aromatic ring is 1. The molecule has 0 fully saturated rings. The molecule has 27 heavy (non-hydrogen) atoms. The maximum Gasteiger partial charge on any atom is 0.153 e. The van der Waals surface area contributed by atoms with Crippen LogP contribution in [0.5, 0.6) is 0 Å². The maximum absolute atomic E-state index is 15.3. The van der Waals surface area contributed by atoms with Crippen molar-refractivity contribution in [1.82, 2.24) is 29.5 Å². The normalized spacial score (nSPS) is 11.7. The van der Waals surface area contributed by atoms with E-state index in [0.717, 1.165) is 5.56 Å². The Bertz CT molecular complexity index is 1330. The smallest absolute Gasteiger partial charge is 0.153 e. The molecule has 0 radical (unpaired) electrons. The molecule has 4 heterocycles. The molecule has 0 aliphatic carbocycles. The molecule has 5 aromatic rings. The van der Waals surface area contributed by atoms with Gasteiger partial charge in [0.2, 0.25) is 0 Å². The zero-order valence-corrected chi connectivity index (χ0v) is 14.8. The Morgan fingerprint density at radius 3 is 2.81 bits per heavy atom. The highest BCUT2D eigenvalue weighted by Gasteiger charge is 2.23. The fourth-order valence-corrected chi connectivity index (χ4v) is 3.66. The third kappa shape index (κ3) is 2.30. The number of nitrogens with one attached hydrogen (secondary N) is 2. The predicted molar refractivity (Wildman–Crippen MR) is 102 cm³/mol. The Morgan fingerprint density at radius 2 is 2.04 bits per heavy atom. The van der Waals surface area contributed by atoms with Gasteiger partial charge >= 0.3 is 0 Å². The summed E-state index contributed by atoms with van der Waals surface area (Å²) < 4.78 is 17.1. The summed E-state index contributed by atoms with van der Waals surface area (Å²) in [6.07, 6.45) is 6.71. The van der Waals surface area contributed by atoms with Gasteiger partial charge in [0.1, 0.15) is 17.3 Å². The first-order valence-electron chi connectivity index (χ1n) is 8.13. The SMILES string of the molecule is Cc1ncc(-c2c(F)c(Cl)c(-c3ccc4nc(N)cn4c3)c3cn[nH]c23)[nH]1. The summed E-state index contributed by atoms with van der Waals surface area (Å²) in [4.78, 5) is 11.4. The van der Waals surface area contributed by atoms with E-state index in [0.29, 0.717) is 45.0 Å². The predicted octanol–water partition coefficient (Wildman–Crippen LogP) is 3.95. The standard InChI is InChI=1S/C18H13ClFN7/c1-8-22-5-11(24-8)15-17(20)16(19)14(10-4-23-26-18(10)15)9-2-3-13-25-12(21)7-27(13)6-9/h2-7H,21H2,1H3,(H,22,24)(H,23,26). The zero-order valence-electron chi connectivity index (χ0n) is 14.1. The van der Waals surface area contributed by atoms with Crippen molar-refractivity contribution in [2.75, 3.05) is 5.73 Å². The summed E-state index contributed by atoms with van der Waals surface area (Å²) in [6, 6.07) is 3.63. The highest BCUT2D eigenvalue weighted by molar-refractivity contribution is 6.36. The zero-order chi connectivity index (χ0) is 18.7. The molecule has 9 heteroatoms. The number of hydrogen-bond donors (Lipinski definition) is 3. The van der Waals surface area contributed by atoms with Crippen molar-refractivity contribution in [2.24, 2.45) is 0 Å². The fraction of sp³-hybridized carbons (Fsp3) is 0.0556. The first-order chi connectivity index (χ1) is 13.0. The van der Waals surface area contributed by atoms with Crippen molar-refractivity contribution in [1.29, 1.82) is 0 Å². The largest absolute Gasteiger partial charge is 0.382 e. The number of pyridine rings is 1. The van der Waals surface area contributed by atoms with Crippen LogP contribution < -0.4 is 5.73 Å². The van der Waals surface area contributed by atoms with Crippen LogP contribution in [0.4, 0.5) is 10.2 Å². The molecule has 4 N–H and O–H groups in total. The maximum atomic E-state index is 15.3. The number of H-pyrrole nitrogens is 2. The molecular weight excluding hydrogens is 369 g/mol. The number of aromatic nitrogens is 6. The first kappa shape index (κ1) is 15.8. The van der Waals surface area contributed by atoms with E-state index in [-0.39, 0.29) is 5.02 Å². The number of benzene rings is 1. The quantitative estimate of drug-likeness (QED) is 0.431. The van der Waals surface area contributed by atoms with Crippen molar-refractivity contribution in [2.45, 2.75) is 6.92 Å². The highest BCUT2D eigenvalue weighted by Crippen LogP contribution is 2.42. The molecule has 0 unspecified atom stereocenters. The van der Waals surface area contributed by atoms with Crippen molar-refractivity contribution in [3.63, 3.8) is 0 Å². The Kier molecular flexibility index (Phi) is 3.26. The van der Waals surface area contributed by atoms with Gasteiger partial charge in [-0.2, -0.15) is 5.10 Å². The van der Waals surface area contributed by atoms with Gasteiger partial charge in [-0.15, -0.1) is 0 Å². The molecule has 7 nitrogen and oxygen atoms in total. The van der Waals surface area contributed by atoms with Gasteiger partial charge in [0.25, 0.3) is 0 Å². The molecule has 0 bridgehead atoms. The second kappa shape index (κ2) is 5.55. The summed E-state index contributed by atoms with van der Waals surface area (Å²) >= 11 is 6.48. The molecule has 0 aliphatic rings. The lowest BCUT2D eigenvalue weighted by Gasteiger charge is -2.12. The summed E-state index contributed by atoms with van der Waals surface area (Å²) in [7, 11) is 0. The van der Waals surface area contributed by atoms with E-state index in [2.05, 4.69) is 25.1 Å². The van der Waals surface area contributed by atoms with Crippen molar-refractivity contribution in [3.05, 3.63) is 53.6 Å². The van der Waals surface area contributed by atoms with Gasteiger partial charge in [-0.1, -0.05) is 11.6 Å². The molecule has 134 valence electrons. The van der Waals surface area contributed by atoms with Crippen molar-refractivity contribution < 1.29 is 4.39 Å². The number of nitrogens with two attached hydrogens (primary N) is 1. The summed E-state index contributed by atoms with van der Waals surface area (Å²) in [5, 5.41) is 7.70. The Balaban J connectivity index is 1.83. The lowest BCUT2D eigenvalue weighted by molar-refractivity contribution is 0.633. The van der Waals surface area contributed by atoms with Gasteiger partial charge in [-0.05, 0) is 19.1 Å². The Morgan fingerprint density at radius 1 is 1.19 bits per heavy atom. The van der Waals surface area contributed by atoms with E-state index in [9.17, 15) is 0 Å². The molecule has 0 atom stereocenters. The molecule has 0 amide bonds. The van der Waals surface area contributed by atoms with Crippen LogP contribution in [-0.2, 0) is 0 Å². The van der Waals surface area contributed by atoms with Crippen LogP contribution in [0.3, 0.4) is 0 Å². The van der Waals surface area contributed by atoms with E-state index < -0.39 is 5.82 Å². The second-order valence-corrected chi connectivity index (χ2v) is 6.65. The Hall–Kier alpha value is -3.39. The van der Waals surface area contributed by atoms with E-state index in [1.54, 1.807) is 36.0 Å². The van der Waals surface area contributed by atoms with Gasteiger partial charge in [-0.25, -0.2) is 14.4 Å². The van der Waals surface area contributed by atoms with Gasteiger partial charge in [0.05, 0.1) is 40.4 Å². The van der Waals surface area contributed by atoms with E-state index in [1.165, 1.54) is 0 Å². The number of rotatable bonds is 2. The summed E-state index contributed by atoms with van der Waals surface area (Å²) in [6.45, 7) is 1.80. The molecule has 1 aromatic carbocycles. The average molecular weight is 382 g/mol. The van der Waals surface area contributed by atoms with Crippen LogP contribution in [-0.4, -0.2) is 29.5 Å². The van der Waals surface area contributed by atoms with Crippen molar-refractivity contribution in [3.8, 4) is 22.4 Å². The number of fused-ring (bicyclic) bond motifs is 2. The van der Waals surface area contributed by atoms with E-state index >= 15 is 4.39 Å². The van der Waals surface area contributed by atoms with Crippen LogP contribution in [0, 0.1) is 12.7 Å². The molecule has 0 aliphatic heterocycles. The number of aryl methyl sites for hydroxylation is 1. The van der Waals surface area contributed by atoms with E-state index in [1.807, 2.05) is 12.3 Å². The number of halogens is 2. The monoisotopic (exact) mass is 381 g/mol. The molecular formula is C18H13ClFN7. The second-order valence-electron chi connectivity index (χ2n) is 6.27. The van der Waals surface area contributed by atoms with Gasteiger partial charge < -0.3 is 15.1 Å². The van der Waals surface area contributed by atoms with Crippen LogP contribution in [0.25, 0.3) is 38.9 Å². The molecule has 4 aromatic heterocycles. The van der Waals surface area contributed by atoms with Crippen LogP contribution in [0.15, 0.2) is 36.9 Å². The molecule has 0 saturated heterocycles. The minimum Gasteiger partial charge on any atom is -0.382 e. The van der Waals surface area contributed by atoms with Crippen LogP contribution in [0.1, 0.15) is 5.82 Å². The first-order valence-corrected chi connectivity index (χ1v) is 8.51. The third-order valence-corrected chi connectivity index (χ3v) is 4.88. The highest BCUT2D eigenvalue weighted by atomic mass is 35.5. The number of nitrogens with zero attached hydrogens (tertiary/aromatic N) is 4. The summed E-state index contributed by atoms with van der Waals surface area (Å²) in [5.41, 5.74) is 9.10. The lowest BCUT2D eigenvalue weighted by Crippen LogP contribution is -1.94. The van der Waals surface area contributed by atoms with Gasteiger partial charge in [-0.3, -0.25) is 5.10 Å². The van der Waals surface area contributed by atoms with Crippen LogP contribution >= 0.6 is 11.6 Å². The fourth-order valence-electron chi connectivity index (χ4n) is 3.36. The number of aromatic amines is 2. The Labute approximate surface area is 157 Å². The minimum absolute atomic E-state index is 0.0126. The number of anilines is 1. The van der Waals surface area contributed by atoms with Crippen LogP contribution in [0.2, 0.25) is 5.02 Å². The topological polar surface area (TPSA) is 101 Å². The molecule has 5 rings (SSSR count). The molecule has 0 saturated carbocycles. The minimum atomic E-state index is -0.544. The van der Waals surface area contributed by atoms with Gasteiger partial charge in [0, 0.05) is 22.7 Å². The number of imidazole rings is 2. The summed E-state index contributed by atoms with van der Waals surface area (Å²) in [5.74, 6) is 0.542. The van der Waals surface area contributed by atoms with Crippen molar-refractivity contribution >= 4 is 34.0 Å². The number of hydrogen-bond acceptors (Lipinski definition) is 4. The average Bonchev–Trinajstić information content (AvgIpc) is 3.35. The van der Waals surface area contributed by atoms with Gasteiger partial charge in [0.15, 0.2) is 5.82 Å². The third-order valence-electron chi connectivity index (χ3n) is 4.52.